The summed E-state index contributed by atoms with van der Waals surface area (Å²) in [4.78, 5) is 24.7. The van der Waals surface area contributed by atoms with Gasteiger partial charge in [-0.05, 0) is 12.1 Å². The first-order chi connectivity index (χ1) is 9.58. The molecule has 1 N–H and O–H groups in total. The highest BCUT2D eigenvalue weighted by Crippen LogP contribution is 2.21. The maximum absolute atomic E-state index is 13.4. The molecular formula is C13H14FNO4S. The fraction of sp³-hybridized carbons (Fsp3) is 0.385. The van der Waals surface area contributed by atoms with Crippen LogP contribution in [0, 0.1) is 5.82 Å². The second-order valence-electron chi connectivity index (χ2n) is 4.26. The number of carbonyl (C=O) groups excluding carboxylic acids is 1. The average molecular weight is 299 g/mol. The number of amides is 1. The quantitative estimate of drug-likeness (QED) is 0.847. The topological polar surface area (TPSA) is 66.8 Å². The molecule has 1 aliphatic rings. The van der Waals surface area contributed by atoms with Crippen LogP contribution in [0.1, 0.15) is 0 Å². The lowest BCUT2D eigenvalue weighted by atomic mass is 10.3. The highest BCUT2D eigenvalue weighted by atomic mass is 32.2. The van der Waals surface area contributed by atoms with E-state index in [0.29, 0.717) is 11.4 Å². The first kappa shape index (κ1) is 14.8. The molecule has 0 spiro atoms. The predicted octanol–water partition coefficient (Wildman–Crippen LogP) is 1.23. The number of aliphatic carboxylic acids is 1. The summed E-state index contributed by atoms with van der Waals surface area (Å²) in [5.74, 6) is -1.58. The number of halogens is 1. The molecule has 1 fully saturated rings. The van der Waals surface area contributed by atoms with Gasteiger partial charge in [0.25, 0.3) is 0 Å². The molecule has 1 aromatic carbocycles. The lowest BCUT2D eigenvalue weighted by Crippen LogP contribution is -2.49. The van der Waals surface area contributed by atoms with Crippen molar-refractivity contribution in [1.29, 1.82) is 0 Å². The minimum atomic E-state index is -1.08. The van der Waals surface area contributed by atoms with E-state index in [4.69, 9.17) is 9.84 Å². The van der Waals surface area contributed by atoms with E-state index in [1.54, 1.807) is 18.2 Å². The number of benzene rings is 1. The Hall–Kier alpha value is -1.60. The maximum atomic E-state index is 13.4. The monoisotopic (exact) mass is 299 g/mol. The molecule has 7 heteroatoms. The van der Waals surface area contributed by atoms with Gasteiger partial charge in [0, 0.05) is 11.4 Å². The number of rotatable bonds is 4. The van der Waals surface area contributed by atoms with Gasteiger partial charge in [-0.2, -0.15) is 0 Å². The number of carbonyl (C=O) groups is 2. The van der Waals surface area contributed by atoms with Crippen LogP contribution in [-0.2, 0) is 14.3 Å². The molecular weight excluding hydrogens is 285 g/mol. The first-order valence-electron chi connectivity index (χ1n) is 6.07. The van der Waals surface area contributed by atoms with Crippen molar-refractivity contribution in [1.82, 2.24) is 4.90 Å². The number of hydrogen-bond donors (Lipinski definition) is 1. The van der Waals surface area contributed by atoms with Gasteiger partial charge in [-0.25, -0.2) is 9.18 Å². The van der Waals surface area contributed by atoms with Crippen LogP contribution in [-0.4, -0.2) is 53.4 Å². The van der Waals surface area contributed by atoms with E-state index in [0.717, 1.165) is 11.8 Å². The summed E-state index contributed by atoms with van der Waals surface area (Å²) < 4.78 is 18.4. The number of carboxylic acids is 1. The van der Waals surface area contributed by atoms with Gasteiger partial charge in [0.2, 0.25) is 5.91 Å². The Morgan fingerprint density at radius 1 is 1.45 bits per heavy atom. The van der Waals surface area contributed by atoms with Gasteiger partial charge in [0.15, 0.2) is 6.10 Å². The van der Waals surface area contributed by atoms with Crippen molar-refractivity contribution >= 4 is 23.6 Å². The molecule has 0 saturated carbocycles. The standard InChI is InChI=1S/C13H14FNO4S/c14-9-3-1-2-4-11(9)20-8-12(16)15-5-6-19-10(7-15)13(17)18/h1-4,10H,5-8H2,(H,17,18). The van der Waals surface area contributed by atoms with Crippen molar-refractivity contribution in [3.63, 3.8) is 0 Å². The second-order valence-corrected chi connectivity index (χ2v) is 5.27. The van der Waals surface area contributed by atoms with Crippen LogP contribution in [0.5, 0.6) is 0 Å². The Morgan fingerprint density at radius 3 is 2.90 bits per heavy atom. The van der Waals surface area contributed by atoms with Gasteiger partial charge >= 0.3 is 5.97 Å². The summed E-state index contributed by atoms with van der Waals surface area (Å²) in [7, 11) is 0. The van der Waals surface area contributed by atoms with Crippen LogP contribution < -0.4 is 0 Å². The van der Waals surface area contributed by atoms with Crippen molar-refractivity contribution in [2.24, 2.45) is 0 Å². The molecule has 1 aliphatic heterocycles. The van der Waals surface area contributed by atoms with Gasteiger partial charge in [-0.15, -0.1) is 11.8 Å². The fourth-order valence-corrected chi connectivity index (χ4v) is 2.66. The molecule has 108 valence electrons. The van der Waals surface area contributed by atoms with Gasteiger partial charge in [0.1, 0.15) is 5.82 Å². The van der Waals surface area contributed by atoms with Gasteiger partial charge in [0.05, 0.1) is 18.9 Å². The molecule has 5 nitrogen and oxygen atoms in total. The van der Waals surface area contributed by atoms with Crippen molar-refractivity contribution in [3.8, 4) is 0 Å². The minimum absolute atomic E-state index is 0.0337. The summed E-state index contributed by atoms with van der Waals surface area (Å²) in [6, 6.07) is 6.22. The van der Waals surface area contributed by atoms with Crippen LogP contribution in [0.4, 0.5) is 4.39 Å². The van der Waals surface area contributed by atoms with Crippen molar-refractivity contribution in [2.75, 3.05) is 25.4 Å². The molecule has 1 atom stereocenters. The molecule has 0 radical (unpaired) electrons. The highest BCUT2D eigenvalue weighted by Gasteiger charge is 2.28. The third-order valence-electron chi connectivity index (χ3n) is 2.88. The van der Waals surface area contributed by atoms with Gasteiger partial charge in [-0.1, -0.05) is 12.1 Å². The first-order valence-corrected chi connectivity index (χ1v) is 7.06. The minimum Gasteiger partial charge on any atom is -0.479 e. The molecule has 20 heavy (non-hydrogen) atoms. The summed E-state index contributed by atoms with van der Waals surface area (Å²) >= 11 is 1.10. The zero-order chi connectivity index (χ0) is 14.5. The number of nitrogens with zero attached hydrogens (tertiary/aromatic N) is 1. The molecule has 1 aromatic rings. The molecule has 1 saturated heterocycles. The largest absolute Gasteiger partial charge is 0.479 e. The van der Waals surface area contributed by atoms with E-state index in [1.165, 1.54) is 11.0 Å². The van der Waals surface area contributed by atoms with Crippen LogP contribution in [0.2, 0.25) is 0 Å². The number of ether oxygens (including phenoxy) is 1. The van der Waals surface area contributed by atoms with E-state index in [-0.39, 0.29) is 30.6 Å². The molecule has 2 rings (SSSR count). The van der Waals surface area contributed by atoms with E-state index < -0.39 is 12.1 Å². The number of thioether (sulfide) groups is 1. The molecule has 1 unspecified atom stereocenters. The summed E-state index contributed by atoms with van der Waals surface area (Å²) in [6.07, 6.45) is -0.980. The third kappa shape index (κ3) is 3.71. The molecule has 1 amide bonds. The third-order valence-corrected chi connectivity index (χ3v) is 3.92. The zero-order valence-corrected chi connectivity index (χ0v) is 11.4. The number of morpholine rings is 1. The fourth-order valence-electron chi connectivity index (χ4n) is 1.82. The molecule has 0 aliphatic carbocycles. The van der Waals surface area contributed by atoms with Gasteiger partial charge < -0.3 is 14.7 Å². The highest BCUT2D eigenvalue weighted by molar-refractivity contribution is 8.00. The Balaban J connectivity index is 1.89. The van der Waals surface area contributed by atoms with E-state index in [1.807, 2.05) is 0 Å². The van der Waals surface area contributed by atoms with E-state index in [2.05, 4.69) is 0 Å². The lowest BCUT2D eigenvalue weighted by Gasteiger charge is -2.30. The van der Waals surface area contributed by atoms with Crippen molar-refractivity contribution in [3.05, 3.63) is 30.1 Å². The smallest absolute Gasteiger partial charge is 0.334 e. The zero-order valence-electron chi connectivity index (χ0n) is 10.6. The van der Waals surface area contributed by atoms with Crippen molar-refractivity contribution in [2.45, 2.75) is 11.0 Å². The molecule has 1 heterocycles. The molecule has 0 bridgehead atoms. The summed E-state index contributed by atoms with van der Waals surface area (Å²) in [6.45, 7) is 0.597. The van der Waals surface area contributed by atoms with E-state index >= 15 is 0 Å². The van der Waals surface area contributed by atoms with Crippen LogP contribution in [0.3, 0.4) is 0 Å². The predicted molar refractivity (Wildman–Crippen MR) is 71.1 cm³/mol. The Bertz CT molecular complexity index is 511. The van der Waals surface area contributed by atoms with Crippen LogP contribution in [0.25, 0.3) is 0 Å². The average Bonchev–Trinajstić information content (AvgIpc) is 2.46. The lowest BCUT2D eigenvalue weighted by molar-refractivity contribution is -0.158. The van der Waals surface area contributed by atoms with Gasteiger partial charge in [-0.3, -0.25) is 4.79 Å². The van der Waals surface area contributed by atoms with Crippen LogP contribution >= 0.6 is 11.8 Å². The number of hydrogen-bond acceptors (Lipinski definition) is 4. The Labute approximate surface area is 119 Å². The van der Waals surface area contributed by atoms with E-state index in [9.17, 15) is 14.0 Å². The molecule has 0 aromatic heterocycles. The maximum Gasteiger partial charge on any atom is 0.334 e. The Kier molecular flexibility index (Phi) is 4.97. The SMILES string of the molecule is O=C(O)C1CN(C(=O)CSc2ccccc2F)CCO1. The van der Waals surface area contributed by atoms with Crippen molar-refractivity contribution < 1.29 is 23.8 Å². The summed E-state index contributed by atoms with van der Waals surface area (Å²) in [5, 5.41) is 8.86. The number of carboxylic acid groups (broad SMARTS) is 1. The summed E-state index contributed by atoms with van der Waals surface area (Å²) in [5.41, 5.74) is 0. The Morgan fingerprint density at radius 2 is 2.20 bits per heavy atom. The second kappa shape index (κ2) is 6.71. The van der Waals surface area contributed by atoms with Crippen LogP contribution in [0.15, 0.2) is 29.2 Å². The normalized spacial score (nSPS) is 18.9.